The fourth-order valence-corrected chi connectivity index (χ4v) is 2.92. The van der Waals surface area contributed by atoms with Crippen molar-refractivity contribution >= 4 is 5.91 Å². The first-order chi connectivity index (χ1) is 9.69. The van der Waals surface area contributed by atoms with E-state index in [-0.39, 0.29) is 5.91 Å². The molecule has 1 aliphatic heterocycles. The van der Waals surface area contributed by atoms with Crippen molar-refractivity contribution in [2.45, 2.75) is 32.6 Å². The molecule has 2 heterocycles. The molecule has 1 atom stereocenters. The molecule has 0 aliphatic carbocycles. The maximum absolute atomic E-state index is 11.5. The summed E-state index contributed by atoms with van der Waals surface area (Å²) < 4.78 is 2.10. The van der Waals surface area contributed by atoms with E-state index in [4.69, 9.17) is 0 Å². The van der Waals surface area contributed by atoms with Crippen molar-refractivity contribution < 1.29 is 4.79 Å². The lowest BCUT2D eigenvalue weighted by Gasteiger charge is -2.32. The summed E-state index contributed by atoms with van der Waals surface area (Å²) in [5.74, 6) is 2.00. The smallest absolute Gasteiger partial charge is 0.221 e. The second-order valence-electron chi connectivity index (χ2n) is 5.67. The Labute approximate surface area is 121 Å². The minimum atomic E-state index is 0.165. The fraction of sp³-hybridized carbons (Fsp3) is 0.733. The standard InChI is InChI=1S/C15H26N4O/c1-3-16-15(20)6-9-19-8-4-5-13(12-19)11-14-17-7-10-18(14)2/h7,10,13H,3-6,8-9,11-12H2,1-2H3,(H,16,20). The first-order valence-corrected chi connectivity index (χ1v) is 7.64. The zero-order chi connectivity index (χ0) is 14.4. The van der Waals surface area contributed by atoms with E-state index in [0.29, 0.717) is 12.3 Å². The Balaban J connectivity index is 1.77. The number of aryl methyl sites for hydroxylation is 1. The van der Waals surface area contributed by atoms with Crippen LogP contribution in [0.1, 0.15) is 32.0 Å². The molecule has 112 valence electrons. The summed E-state index contributed by atoms with van der Waals surface area (Å²) in [4.78, 5) is 18.4. The third-order valence-electron chi connectivity index (χ3n) is 4.02. The number of carbonyl (C=O) groups is 1. The second-order valence-corrected chi connectivity index (χ2v) is 5.67. The van der Waals surface area contributed by atoms with E-state index < -0.39 is 0 Å². The molecule has 20 heavy (non-hydrogen) atoms. The average Bonchev–Trinajstić information content (AvgIpc) is 2.83. The van der Waals surface area contributed by atoms with Crippen LogP contribution >= 0.6 is 0 Å². The number of rotatable bonds is 6. The summed E-state index contributed by atoms with van der Waals surface area (Å²) in [7, 11) is 2.05. The van der Waals surface area contributed by atoms with Gasteiger partial charge in [-0.05, 0) is 32.2 Å². The van der Waals surface area contributed by atoms with E-state index >= 15 is 0 Å². The van der Waals surface area contributed by atoms with Crippen LogP contribution in [0.15, 0.2) is 12.4 Å². The second kappa shape index (κ2) is 7.43. The van der Waals surface area contributed by atoms with Gasteiger partial charge in [0, 0.05) is 51.9 Å². The van der Waals surface area contributed by atoms with Gasteiger partial charge in [0.15, 0.2) is 0 Å². The van der Waals surface area contributed by atoms with Crippen LogP contribution in [-0.4, -0.2) is 46.5 Å². The largest absolute Gasteiger partial charge is 0.356 e. The highest BCUT2D eigenvalue weighted by Crippen LogP contribution is 2.20. The Hall–Kier alpha value is -1.36. The Morgan fingerprint density at radius 2 is 2.40 bits per heavy atom. The summed E-state index contributed by atoms with van der Waals surface area (Å²) in [6.07, 6.45) is 8.02. The van der Waals surface area contributed by atoms with Gasteiger partial charge in [0.25, 0.3) is 0 Å². The van der Waals surface area contributed by atoms with Crippen LogP contribution in [0.5, 0.6) is 0 Å². The van der Waals surface area contributed by atoms with Gasteiger partial charge in [0.2, 0.25) is 5.91 Å². The lowest BCUT2D eigenvalue weighted by Crippen LogP contribution is -2.38. The number of piperidine rings is 1. The summed E-state index contributed by atoms with van der Waals surface area (Å²) in [6, 6.07) is 0. The molecule has 1 unspecified atom stereocenters. The van der Waals surface area contributed by atoms with Crippen LogP contribution in [0.2, 0.25) is 0 Å². The average molecular weight is 278 g/mol. The predicted molar refractivity (Wildman–Crippen MR) is 79.4 cm³/mol. The normalized spacial score (nSPS) is 20.0. The van der Waals surface area contributed by atoms with E-state index in [1.807, 2.05) is 19.3 Å². The Morgan fingerprint density at radius 1 is 1.55 bits per heavy atom. The molecule has 0 radical (unpaired) electrons. The van der Waals surface area contributed by atoms with E-state index in [9.17, 15) is 4.79 Å². The van der Waals surface area contributed by atoms with E-state index in [1.54, 1.807) is 0 Å². The highest BCUT2D eigenvalue weighted by molar-refractivity contribution is 5.75. The van der Waals surface area contributed by atoms with Crippen molar-refractivity contribution in [3.63, 3.8) is 0 Å². The zero-order valence-electron chi connectivity index (χ0n) is 12.6. The highest BCUT2D eigenvalue weighted by Gasteiger charge is 2.21. The molecular formula is C15H26N4O. The summed E-state index contributed by atoms with van der Waals surface area (Å²) in [5, 5.41) is 2.86. The summed E-state index contributed by atoms with van der Waals surface area (Å²) in [6.45, 7) is 5.77. The first kappa shape index (κ1) is 15.0. The van der Waals surface area contributed by atoms with Crippen LogP contribution in [-0.2, 0) is 18.3 Å². The summed E-state index contributed by atoms with van der Waals surface area (Å²) in [5.41, 5.74) is 0. The molecule has 1 fully saturated rings. The van der Waals surface area contributed by atoms with Crippen molar-refractivity contribution in [1.29, 1.82) is 0 Å². The van der Waals surface area contributed by atoms with E-state index in [1.165, 1.54) is 18.7 Å². The van der Waals surface area contributed by atoms with Gasteiger partial charge in [0.1, 0.15) is 5.82 Å². The molecule has 1 aliphatic rings. The van der Waals surface area contributed by atoms with Gasteiger partial charge in [-0.1, -0.05) is 0 Å². The van der Waals surface area contributed by atoms with Gasteiger partial charge < -0.3 is 14.8 Å². The minimum absolute atomic E-state index is 0.165. The number of nitrogens with zero attached hydrogens (tertiary/aromatic N) is 3. The van der Waals surface area contributed by atoms with Gasteiger partial charge >= 0.3 is 0 Å². The van der Waals surface area contributed by atoms with Gasteiger partial charge in [-0.2, -0.15) is 0 Å². The zero-order valence-corrected chi connectivity index (χ0v) is 12.6. The molecular weight excluding hydrogens is 252 g/mol. The monoisotopic (exact) mass is 278 g/mol. The molecule has 0 spiro atoms. The molecule has 0 bridgehead atoms. The number of nitrogens with one attached hydrogen (secondary N) is 1. The first-order valence-electron chi connectivity index (χ1n) is 7.64. The van der Waals surface area contributed by atoms with Crippen LogP contribution in [0.3, 0.4) is 0 Å². The summed E-state index contributed by atoms with van der Waals surface area (Å²) >= 11 is 0. The number of hydrogen-bond acceptors (Lipinski definition) is 3. The maximum atomic E-state index is 11.5. The van der Waals surface area contributed by atoms with Crippen molar-refractivity contribution in [3.8, 4) is 0 Å². The molecule has 0 aromatic carbocycles. The maximum Gasteiger partial charge on any atom is 0.221 e. The number of carbonyl (C=O) groups excluding carboxylic acids is 1. The highest BCUT2D eigenvalue weighted by atomic mass is 16.1. The molecule has 1 saturated heterocycles. The molecule has 1 aromatic heterocycles. The van der Waals surface area contributed by atoms with Crippen LogP contribution < -0.4 is 5.32 Å². The quantitative estimate of drug-likeness (QED) is 0.850. The van der Waals surface area contributed by atoms with Crippen LogP contribution in [0.4, 0.5) is 0 Å². The number of imidazole rings is 1. The van der Waals surface area contributed by atoms with Gasteiger partial charge in [-0.25, -0.2) is 4.98 Å². The van der Waals surface area contributed by atoms with Gasteiger partial charge in [-0.15, -0.1) is 0 Å². The molecule has 1 aromatic rings. The third kappa shape index (κ3) is 4.34. The number of hydrogen-bond donors (Lipinski definition) is 1. The molecule has 1 amide bonds. The molecule has 5 heteroatoms. The topological polar surface area (TPSA) is 50.2 Å². The molecule has 5 nitrogen and oxygen atoms in total. The van der Waals surface area contributed by atoms with Crippen molar-refractivity contribution in [1.82, 2.24) is 19.8 Å². The lowest BCUT2D eigenvalue weighted by molar-refractivity contribution is -0.121. The lowest BCUT2D eigenvalue weighted by atomic mass is 9.94. The van der Waals surface area contributed by atoms with E-state index in [0.717, 1.165) is 32.6 Å². The van der Waals surface area contributed by atoms with Crippen molar-refractivity contribution in [2.24, 2.45) is 13.0 Å². The Bertz CT molecular complexity index is 429. The van der Waals surface area contributed by atoms with E-state index in [2.05, 4.69) is 26.8 Å². The van der Waals surface area contributed by atoms with Gasteiger partial charge in [-0.3, -0.25) is 4.79 Å². The van der Waals surface area contributed by atoms with Crippen LogP contribution in [0, 0.1) is 5.92 Å². The minimum Gasteiger partial charge on any atom is -0.356 e. The number of aromatic nitrogens is 2. The SMILES string of the molecule is CCNC(=O)CCN1CCCC(Cc2nccn2C)C1. The molecule has 2 rings (SSSR count). The van der Waals surface area contributed by atoms with Crippen LogP contribution in [0.25, 0.3) is 0 Å². The fourth-order valence-electron chi connectivity index (χ4n) is 2.92. The Kier molecular flexibility index (Phi) is 5.59. The predicted octanol–water partition coefficient (Wildman–Crippen LogP) is 1.20. The molecule has 1 N–H and O–H groups in total. The Morgan fingerprint density at radius 3 is 3.10 bits per heavy atom. The molecule has 0 saturated carbocycles. The van der Waals surface area contributed by atoms with Gasteiger partial charge in [0.05, 0.1) is 0 Å². The number of amides is 1. The van der Waals surface area contributed by atoms with Crippen molar-refractivity contribution in [3.05, 3.63) is 18.2 Å². The number of likely N-dealkylation sites (tertiary alicyclic amines) is 1. The third-order valence-corrected chi connectivity index (χ3v) is 4.02. The van der Waals surface area contributed by atoms with Crippen molar-refractivity contribution in [2.75, 3.05) is 26.2 Å².